The lowest BCUT2D eigenvalue weighted by atomic mass is 10.0. The Morgan fingerprint density at radius 2 is 2.10 bits per heavy atom. The maximum atomic E-state index is 13.5. The highest BCUT2D eigenvalue weighted by atomic mass is 35.5. The van der Waals surface area contributed by atoms with Crippen LogP contribution in [0, 0.1) is 17.6 Å². The molecule has 0 heterocycles. The predicted molar refractivity (Wildman–Crippen MR) is 80.3 cm³/mol. The standard InChI is InChI=1S/C15H20F2N2O.ClH/c16-12-5-1-3-10(15(12)17)7-8-14(20)19-13-6-2-4-11(13)9-18;/h1,3,5,11,13H,2,4,6-9,18H2,(H,19,20);1H. The molecule has 1 aliphatic carbocycles. The van der Waals surface area contributed by atoms with Crippen LogP contribution in [0.4, 0.5) is 8.78 Å². The Morgan fingerprint density at radius 1 is 1.33 bits per heavy atom. The van der Waals surface area contributed by atoms with Gasteiger partial charge in [0, 0.05) is 12.5 Å². The van der Waals surface area contributed by atoms with E-state index in [9.17, 15) is 13.6 Å². The van der Waals surface area contributed by atoms with Gasteiger partial charge in [0.2, 0.25) is 5.91 Å². The average molecular weight is 319 g/mol. The van der Waals surface area contributed by atoms with E-state index < -0.39 is 11.6 Å². The van der Waals surface area contributed by atoms with Crippen LogP contribution in [0.2, 0.25) is 0 Å². The molecular weight excluding hydrogens is 298 g/mol. The third-order valence-corrected chi connectivity index (χ3v) is 3.96. The van der Waals surface area contributed by atoms with E-state index in [1.807, 2.05) is 0 Å². The van der Waals surface area contributed by atoms with Gasteiger partial charge in [-0.3, -0.25) is 4.79 Å². The summed E-state index contributed by atoms with van der Waals surface area (Å²) in [5, 5.41) is 2.95. The first-order valence-electron chi connectivity index (χ1n) is 7.04. The first-order valence-corrected chi connectivity index (χ1v) is 7.04. The highest BCUT2D eigenvalue weighted by Crippen LogP contribution is 2.24. The molecule has 1 fully saturated rings. The van der Waals surface area contributed by atoms with Crippen molar-refractivity contribution in [2.24, 2.45) is 11.7 Å². The summed E-state index contributed by atoms with van der Waals surface area (Å²) in [6.07, 6.45) is 3.43. The first kappa shape index (κ1) is 17.9. The van der Waals surface area contributed by atoms with Crippen LogP contribution in [-0.4, -0.2) is 18.5 Å². The molecule has 0 radical (unpaired) electrons. The smallest absolute Gasteiger partial charge is 0.220 e. The van der Waals surface area contributed by atoms with Crippen molar-refractivity contribution in [1.82, 2.24) is 5.32 Å². The largest absolute Gasteiger partial charge is 0.353 e. The number of nitrogens with two attached hydrogens (primary N) is 1. The number of rotatable bonds is 5. The zero-order valence-corrected chi connectivity index (χ0v) is 12.6. The monoisotopic (exact) mass is 318 g/mol. The van der Waals surface area contributed by atoms with E-state index in [1.54, 1.807) is 0 Å². The molecular formula is C15H21ClF2N2O. The van der Waals surface area contributed by atoms with E-state index in [2.05, 4.69) is 5.32 Å². The lowest BCUT2D eigenvalue weighted by Gasteiger charge is -2.19. The minimum atomic E-state index is -0.873. The normalized spacial score (nSPS) is 20.9. The summed E-state index contributed by atoms with van der Waals surface area (Å²) in [5.41, 5.74) is 5.90. The molecule has 1 amide bonds. The van der Waals surface area contributed by atoms with Gasteiger partial charge in [0.1, 0.15) is 0 Å². The molecule has 2 unspecified atom stereocenters. The lowest BCUT2D eigenvalue weighted by molar-refractivity contribution is -0.122. The molecule has 1 aromatic carbocycles. The van der Waals surface area contributed by atoms with Gasteiger partial charge >= 0.3 is 0 Å². The number of benzene rings is 1. The van der Waals surface area contributed by atoms with E-state index in [0.29, 0.717) is 12.5 Å². The van der Waals surface area contributed by atoms with Gasteiger partial charge in [-0.1, -0.05) is 18.6 Å². The van der Waals surface area contributed by atoms with Gasteiger partial charge in [-0.2, -0.15) is 0 Å². The molecule has 0 spiro atoms. The second-order valence-corrected chi connectivity index (χ2v) is 5.31. The minimum Gasteiger partial charge on any atom is -0.353 e. The molecule has 1 aromatic rings. The molecule has 6 heteroatoms. The molecule has 21 heavy (non-hydrogen) atoms. The topological polar surface area (TPSA) is 55.1 Å². The van der Waals surface area contributed by atoms with E-state index in [-0.39, 0.29) is 42.8 Å². The van der Waals surface area contributed by atoms with Crippen molar-refractivity contribution in [3.8, 4) is 0 Å². The van der Waals surface area contributed by atoms with Crippen molar-refractivity contribution < 1.29 is 13.6 Å². The molecule has 118 valence electrons. The average Bonchev–Trinajstić information content (AvgIpc) is 2.87. The summed E-state index contributed by atoms with van der Waals surface area (Å²) in [4.78, 5) is 11.9. The lowest BCUT2D eigenvalue weighted by Crippen LogP contribution is -2.39. The van der Waals surface area contributed by atoms with Crippen LogP contribution < -0.4 is 11.1 Å². The van der Waals surface area contributed by atoms with Crippen LogP contribution in [0.25, 0.3) is 0 Å². The second kappa shape index (κ2) is 8.29. The molecule has 3 nitrogen and oxygen atoms in total. The Balaban J connectivity index is 0.00000220. The Morgan fingerprint density at radius 3 is 2.81 bits per heavy atom. The van der Waals surface area contributed by atoms with Gasteiger partial charge in [-0.25, -0.2) is 8.78 Å². The fourth-order valence-electron chi connectivity index (χ4n) is 2.78. The summed E-state index contributed by atoms with van der Waals surface area (Å²) in [6.45, 7) is 0.573. The molecule has 0 aromatic heterocycles. The third-order valence-electron chi connectivity index (χ3n) is 3.96. The van der Waals surface area contributed by atoms with Crippen LogP contribution in [-0.2, 0) is 11.2 Å². The second-order valence-electron chi connectivity index (χ2n) is 5.31. The summed E-state index contributed by atoms with van der Waals surface area (Å²) >= 11 is 0. The number of carbonyl (C=O) groups is 1. The number of nitrogens with one attached hydrogen (secondary N) is 1. The zero-order valence-electron chi connectivity index (χ0n) is 11.8. The number of carbonyl (C=O) groups excluding carboxylic acids is 1. The van der Waals surface area contributed by atoms with Crippen molar-refractivity contribution in [1.29, 1.82) is 0 Å². The van der Waals surface area contributed by atoms with E-state index in [1.165, 1.54) is 12.1 Å². The van der Waals surface area contributed by atoms with Crippen LogP contribution in [0.15, 0.2) is 18.2 Å². The van der Waals surface area contributed by atoms with Gasteiger partial charge in [-0.05, 0) is 43.4 Å². The van der Waals surface area contributed by atoms with E-state index >= 15 is 0 Å². The molecule has 0 aliphatic heterocycles. The van der Waals surface area contributed by atoms with E-state index in [0.717, 1.165) is 25.3 Å². The molecule has 2 rings (SSSR count). The summed E-state index contributed by atoms with van der Waals surface area (Å²) in [6, 6.07) is 4.16. The van der Waals surface area contributed by atoms with Crippen molar-refractivity contribution >= 4 is 18.3 Å². The summed E-state index contributed by atoms with van der Waals surface area (Å²) in [5.74, 6) is -1.52. The number of hydrogen-bond donors (Lipinski definition) is 2. The van der Waals surface area contributed by atoms with Gasteiger partial charge in [0.05, 0.1) is 0 Å². The molecule has 1 aliphatic rings. The molecule has 2 atom stereocenters. The Labute approximate surface area is 129 Å². The Hall–Kier alpha value is -1.20. The number of hydrogen-bond acceptors (Lipinski definition) is 2. The highest BCUT2D eigenvalue weighted by Gasteiger charge is 2.27. The molecule has 0 saturated heterocycles. The van der Waals surface area contributed by atoms with Crippen molar-refractivity contribution in [2.45, 2.75) is 38.1 Å². The van der Waals surface area contributed by atoms with Gasteiger partial charge in [0.15, 0.2) is 11.6 Å². The van der Waals surface area contributed by atoms with Crippen molar-refractivity contribution in [2.75, 3.05) is 6.54 Å². The Kier molecular flexibility index (Phi) is 7.05. The van der Waals surface area contributed by atoms with Gasteiger partial charge in [0.25, 0.3) is 0 Å². The van der Waals surface area contributed by atoms with E-state index in [4.69, 9.17) is 5.73 Å². The fourth-order valence-corrected chi connectivity index (χ4v) is 2.78. The third kappa shape index (κ3) is 4.64. The zero-order chi connectivity index (χ0) is 14.5. The summed E-state index contributed by atoms with van der Waals surface area (Å²) < 4.78 is 26.5. The molecule has 0 bridgehead atoms. The van der Waals surface area contributed by atoms with Crippen LogP contribution >= 0.6 is 12.4 Å². The van der Waals surface area contributed by atoms with Crippen molar-refractivity contribution in [3.05, 3.63) is 35.4 Å². The maximum Gasteiger partial charge on any atom is 0.220 e. The quantitative estimate of drug-likeness (QED) is 0.876. The molecule has 3 N–H and O–H groups in total. The van der Waals surface area contributed by atoms with Gasteiger partial charge in [-0.15, -0.1) is 12.4 Å². The fraction of sp³-hybridized carbons (Fsp3) is 0.533. The number of amides is 1. The van der Waals surface area contributed by atoms with Crippen LogP contribution in [0.1, 0.15) is 31.2 Å². The number of aryl methyl sites for hydroxylation is 1. The SMILES string of the molecule is Cl.NCC1CCCC1NC(=O)CCc1cccc(F)c1F. The van der Waals surface area contributed by atoms with Crippen LogP contribution in [0.3, 0.4) is 0 Å². The maximum absolute atomic E-state index is 13.5. The predicted octanol–water partition coefficient (Wildman–Crippen LogP) is 2.56. The highest BCUT2D eigenvalue weighted by molar-refractivity contribution is 5.85. The van der Waals surface area contributed by atoms with Gasteiger partial charge < -0.3 is 11.1 Å². The first-order chi connectivity index (χ1) is 9.61. The van der Waals surface area contributed by atoms with Crippen molar-refractivity contribution in [3.63, 3.8) is 0 Å². The molecule has 1 saturated carbocycles. The van der Waals surface area contributed by atoms with Crippen LogP contribution in [0.5, 0.6) is 0 Å². The Bertz CT molecular complexity index is 485. The number of halogens is 3. The minimum absolute atomic E-state index is 0. The summed E-state index contributed by atoms with van der Waals surface area (Å²) in [7, 11) is 0.